The average Bonchev–Trinajstić information content (AvgIpc) is 3.04. The first-order valence-electron chi connectivity index (χ1n) is 8.02. The van der Waals surface area contributed by atoms with Crippen LogP contribution in [0.25, 0.3) is 17.1 Å². The summed E-state index contributed by atoms with van der Waals surface area (Å²) in [5.41, 5.74) is 5.17. The van der Waals surface area contributed by atoms with E-state index in [0.717, 1.165) is 23.9 Å². The van der Waals surface area contributed by atoms with Gasteiger partial charge in [-0.15, -0.1) is 10.2 Å². The number of halogens is 4. The molecule has 0 spiro atoms. The van der Waals surface area contributed by atoms with E-state index in [1.54, 1.807) is 31.2 Å². The highest BCUT2D eigenvalue weighted by Gasteiger charge is 2.31. The second kappa shape index (κ2) is 7.84. The average molecular weight is 427 g/mol. The number of thioether (sulfide) groups is 1. The Morgan fingerprint density at radius 1 is 1.18 bits per heavy atom. The first-order chi connectivity index (χ1) is 13.2. The van der Waals surface area contributed by atoms with Crippen molar-refractivity contribution >= 4 is 29.3 Å². The highest BCUT2D eigenvalue weighted by atomic mass is 35.5. The predicted molar refractivity (Wildman–Crippen MR) is 101 cm³/mol. The van der Waals surface area contributed by atoms with Gasteiger partial charge in [-0.1, -0.05) is 41.6 Å². The molecule has 0 fully saturated rings. The van der Waals surface area contributed by atoms with Crippen LogP contribution >= 0.6 is 23.4 Å². The van der Waals surface area contributed by atoms with Crippen molar-refractivity contribution in [3.8, 4) is 17.1 Å². The third-order valence-electron chi connectivity index (χ3n) is 3.86. The van der Waals surface area contributed by atoms with Crippen molar-refractivity contribution in [3.63, 3.8) is 0 Å². The van der Waals surface area contributed by atoms with Gasteiger partial charge in [-0.2, -0.15) is 13.2 Å². The summed E-state index contributed by atoms with van der Waals surface area (Å²) in [7, 11) is 0. The Morgan fingerprint density at radius 2 is 1.89 bits per heavy atom. The number of hydrogen-bond donors (Lipinski definition) is 1. The zero-order chi connectivity index (χ0) is 20.5. The molecule has 1 atom stereocenters. The summed E-state index contributed by atoms with van der Waals surface area (Å²) in [4.78, 5) is 11.4. The molecule has 1 heterocycles. The highest BCUT2D eigenvalue weighted by molar-refractivity contribution is 8.00. The maximum absolute atomic E-state index is 13.2. The molecule has 2 aromatic carbocycles. The second-order valence-electron chi connectivity index (χ2n) is 5.83. The standard InChI is InChI=1S/C18H14ClF3N4OS/c1-10(15(23)27)28-17-25-24-16(13-7-2-3-8-14(13)19)26(17)12-6-4-5-11(9-12)18(20,21)22/h2-10H,1H3,(H2,23,27). The lowest BCUT2D eigenvalue weighted by atomic mass is 10.1. The fourth-order valence-electron chi connectivity index (χ4n) is 2.43. The zero-order valence-electron chi connectivity index (χ0n) is 14.4. The molecular weight excluding hydrogens is 413 g/mol. The maximum atomic E-state index is 13.2. The molecule has 0 bridgehead atoms. The number of benzene rings is 2. The van der Waals surface area contributed by atoms with E-state index < -0.39 is 22.9 Å². The minimum Gasteiger partial charge on any atom is -0.369 e. The molecule has 0 saturated heterocycles. The summed E-state index contributed by atoms with van der Waals surface area (Å²) < 4.78 is 41.0. The lowest BCUT2D eigenvalue weighted by Gasteiger charge is -2.14. The number of carbonyl (C=O) groups excluding carboxylic acids is 1. The van der Waals surface area contributed by atoms with E-state index in [1.165, 1.54) is 16.7 Å². The molecule has 1 amide bonds. The summed E-state index contributed by atoms with van der Waals surface area (Å²) >= 11 is 7.24. The van der Waals surface area contributed by atoms with Gasteiger partial charge in [0, 0.05) is 5.56 Å². The molecule has 0 saturated carbocycles. The number of nitrogens with zero attached hydrogens (tertiary/aromatic N) is 3. The lowest BCUT2D eigenvalue weighted by molar-refractivity contribution is -0.137. The lowest BCUT2D eigenvalue weighted by Crippen LogP contribution is -2.23. The molecule has 28 heavy (non-hydrogen) atoms. The van der Waals surface area contributed by atoms with Crippen LogP contribution in [0, 0.1) is 0 Å². The minimum atomic E-state index is -4.51. The molecule has 5 nitrogen and oxygen atoms in total. The van der Waals surface area contributed by atoms with Crippen LogP contribution < -0.4 is 5.73 Å². The Morgan fingerprint density at radius 3 is 2.54 bits per heavy atom. The van der Waals surface area contributed by atoms with E-state index in [9.17, 15) is 18.0 Å². The molecule has 0 aliphatic heterocycles. The van der Waals surface area contributed by atoms with Crippen LogP contribution in [-0.2, 0) is 11.0 Å². The van der Waals surface area contributed by atoms with Gasteiger partial charge in [0.15, 0.2) is 11.0 Å². The fourth-order valence-corrected chi connectivity index (χ4v) is 3.47. The topological polar surface area (TPSA) is 73.8 Å². The van der Waals surface area contributed by atoms with Gasteiger partial charge in [-0.3, -0.25) is 9.36 Å². The Bertz CT molecular complexity index is 1020. The number of primary amides is 1. The van der Waals surface area contributed by atoms with Crippen molar-refractivity contribution in [2.75, 3.05) is 0 Å². The summed E-state index contributed by atoms with van der Waals surface area (Å²) in [6.07, 6.45) is -4.51. The number of rotatable bonds is 5. The van der Waals surface area contributed by atoms with Crippen LogP contribution in [0.15, 0.2) is 53.7 Å². The van der Waals surface area contributed by atoms with E-state index in [-0.39, 0.29) is 16.7 Å². The normalized spacial score (nSPS) is 12.8. The maximum Gasteiger partial charge on any atom is 0.416 e. The van der Waals surface area contributed by atoms with Crippen LogP contribution in [0.1, 0.15) is 12.5 Å². The molecule has 1 aromatic heterocycles. The number of carbonyl (C=O) groups is 1. The monoisotopic (exact) mass is 426 g/mol. The molecule has 1 unspecified atom stereocenters. The van der Waals surface area contributed by atoms with Gasteiger partial charge in [0.1, 0.15) is 0 Å². The molecule has 0 radical (unpaired) electrons. The number of aromatic nitrogens is 3. The number of amides is 1. The van der Waals surface area contributed by atoms with E-state index >= 15 is 0 Å². The van der Waals surface area contributed by atoms with Gasteiger partial charge in [0.2, 0.25) is 5.91 Å². The van der Waals surface area contributed by atoms with E-state index in [2.05, 4.69) is 10.2 Å². The Kier molecular flexibility index (Phi) is 5.66. The van der Waals surface area contributed by atoms with Gasteiger partial charge in [-0.05, 0) is 37.3 Å². The van der Waals surface area contributed by atoms with Gasteiger partial charge in [0.05, 0.1) is 21.5 Å². The molecule has 0 aliphatic carbocycles. The van der Waals surface area contributed by atoms with E-state index in [0.29, 0.717) is 10.6 Å². The van der Waals surface area contributed by atoms with Gasteiger partial charge in [-0.25, -0.2) is 0 Å². The molecule has 3 rings (SSSR count). The first kappa shape index (κ1) is 20.2. The summed E-state index contributed by atoms with van der Waals surface area (Å²) in [6, 6.07) is 11.5. The summed E-state index contributed by atoms with van der Waals surface area (Å²) in [5, 5.41) is 8.08. The van der Waals surface area contributed by atoms with Crippen molar-refractivity contribution in [1.29, 1.82) is 0 Å². The van der Waals surface area contributed by atoms with Crippen molar-refractivity contribution in [2.45, 2.75) is 23.5 Å². The number of nitrogens with two attached hydrogens (primary N) is 1. The van der Waals surface area contributed by atoms with Crippen LogP contribution in [0.4, 0.5) is 13.2 Å². The van der Waals surface area contributed by atoms with Crippen molar-refractivity contribution < 1.29 is 18.0 Å². The van der Waals surface area contributed by atoms with Gasteiger partial charge >= 0.3 is 6.18 Å². The van der Waals surface area contributed by atoms with Gasteiger partial charge < -0.3 is 5.73 Å². The highest BCUT2D eigenvalue weighted by Crippen LogP contribution is 2.35. The third-order valence-corrected chi connectivity index (χ3v) is 5.25. The van der Waals surface area contributed by atoms with Crippen molar-refractivity contribution in [2.24, 2.45) is 5.73 Å². The Labute approximate surface area is 167 Å². The van der Waals surface area contributed by atoms with Crippen LogP contribution in [0.2, 0.25) is 5.02 Å². The molecule has 2 N–H and O–H groups in total. The number of hydrogen-bond acceptors (Lipinski definition) is 4. The summed E-state index contributed by atoms with van der Waals surface area (Å²) in [5.74, 6) is -0.327. The van der Waals surface area contributed by atoms with Crippen molar-refractivity contribution in [3.05, 3.63) is 59.1 Å². The third kappa shape index (κ3) is 4.15. The van der Waals surface area contributed by atoms with E-state index in [4.69, 9.17) is 17.3 Å². The minimum absolute atomic E-state index is 0.189. The quantitative estimate of drug-likeness (QED) is 0.606. The number of alkyl halides is 3. The molecule has 0 aliphatic rings. The molecule has 3 aromatic rings. The second-order valence-corrected chi connectivity index (χ2v) is 7.55. The largest absolute Gasteiger partial charge is 0.416 e. The van der Waals surface area contributed by atoms with Crippen molar-refractivity contribution in [1.82, 2.24) is 14.8 Å². The molecule has 146 valence electrons. The fraction of sp³-hybridized carbons (Fsp3) is 0.167. The van der Waals surface area contributed by atoms with Crippen LogP contribution in [0.3, 0.4) is 0 Å². The Balaban J connectivity index is 2.20. The SMILES string of the molecule is CC(Sc1nnc(-c2ccccc2Cl)n1-c1cccc(C(F)(F)F)c1)C(N)=O. The first-order valence-corrected chi connectivity index (χ1v) is 9.28. The summed E-state index contributed by atoms with van der Waals surface area (Å²) in [6.45, 7) is 1.58. The Hall–Kier alpha value is -2.52. The molecular formula is C18H14ClF3N4OS. The zero-order valence-corrected chi connectivity index (χ0v) is 16.0. The van der Waals surface area contributed by atoms with Gasteiger partial charge in [0.25, 0.3) is 0 Å². The van der Waals surface area contributed by atoms with Crippen LogP contribution in [0.5, 0.6) is 0 Å². The van der Waals surface area contributed by atoms with Crippen LogP contribution in [-0.4, -0.2) is 25.9 Å². The predicted octanol–water partition coefficient (Wildman–Crippen LogP) is 4.57. The smallest absolute Gasteiger partial charge is 0.369 e. The van der Waals surface area contributed by atoms with E-state index in [1.807, 2.05) is 0 Å². The molecule has 10 heteroatoms.